The molecule has 0 spiro atoms. The summed E-state index contributed by atoms with van der Waals surface area (Å²) in [7, 11) is -7.24. The Morgan fingerprint density at radius 3 is 2.25 bits per heavy atom. The van der Waals surface area contributed by atoms with E-state index in [0.29, 0.717) is 17.7 Å². The molecular formula is C20H21NO5S2. The van der Waals surface area contributed by atoms with Crippen molar-refractivity contribution in [2.75, 3.05) is 23.0 Å². The molecule has 1 aliphatic rings. The van der Waals surface area contributed by atoms with Crippen molar-refractivity contribution in [2.45, 2.75) is 12.2 Å². The van der Waals surface area contributed by atoms with Crippen LogP contribution in [-0.4, -0.2) is 40.8 Å². The topological polar surface area (TPSA) is 88.6 Å². The monoisotopic (exact) mass is 419 g/mol. The number of hydrogen-bond donors (Lipinski definition) is 0. The zero-order valence-corrected chi connectivity index (χ0v) is 17.0. The lowest BCUT2D eigenvalue weighted by Gasteiger charge is -2.21. The molecule has 0 aromatic heterocycles. The Morgan fingerprint density at radius 2 is 1.64 bits per heavy atom. The first-order chi connectivity index (χ1) is 13.2. The van der Waals surface area contributed by atoms with Gasteiger partial charge in [0.1, 0.15) is 5.25 Å². The molecule has 3 rings (SSSR count). The quantitative estimate of drug-likeness (QED) is 0.760. The van der Waals surface area contributed by atoms with Crippen LogP contribution < -0.4 is 4.90 Å². The second-order valence-corrected chi connectivity index (χ2v) is 10.7. The van der Waals surface area contributed by atoms with Crippen molar-refractivity contribution in [2.24, 2.45) is 0 Å². The normalized spacial score (nSPS) is 20.2. The second-order valence-electron chi connectivity index (χ2n) is 6.53. The number of hydrogen-bond acceptors (Lipinski definition) is 5. The Kier molecular flexibility index (Phi) is 5.71. The predicted molar refractivity (Wildman–Crippen MR) is 110 cm³/mol. The number of sulfone groups is 2. The van der Waals surface area contributed by atoms with Crippen molar-refractivity contribution in [3.05, 3.63) is 77.2 Å². The van der Waals surface area contributed by atoms with Crippen LogP contribution in [0, 0.1) is 0 Å². The van der Waals surface area contributed by atoms with E-state index in [0.717, 1.165) is 11.1 Å². The van der Waals surface area contributed by atoms with E-state index in [2.05, 4.69) is 0 Å². The van der Waals surface area contributed by atoms with Crippen LogP contribution in [0.4, 0.5) is 5.69 Å². The van der Waals surface area contributed by atoms with Gasteiger partial charge in [0.15, 0.2) is 19.7 Å². The highest BCUT2D eigenvalue weighted by Gasteiger charge is 2.32. The molecule has 0 radical (unpaired) electrons. The Hall–Kier alpha value is -2.45. The van der Waals surface area contributed by atoms with Gasteiger partial charge in [-0.15, -0.1) is 0 Å². The predicted octanol–water partition coefficient (Wildman–Crippen LogP) is 2.75. The summed E-state index contributed by atoms with van der Waals surface area (Å²) in [5, 5.41) is -0.202. The molecule has 148 valence electrons. The van der Waals surface area contributed by atoms with E-state index in [4.69, 9.17) is 0 Å². The zero-order chi connectivity index (χ0) is 20.4. The van der Waals surface area contributed by atoms with Crippen molar-refractivity contribution in [1.29, 1.82) is 0 Å². The first-order valence-electron chi connectivity index (χ1n) is 8.81. The molecule has 0 saturated carbocycles. The summed E-state index contributed by atoms with van der Waals surface area (Å²) < 4.78 is 48.9. The fourth-order valence-electron chi connectivity index (χ4n) is 3.14. The number of benzene rings is 2. The SMILES string of the molecule is CCN(C(=O)c1ccc(C2CS(=O)(=O)CC=CS2(=O)=O)cc1)c1ccccc1. The van der Waals surface area contributed by atoms with Crippen LogP contribution in [0.2, 0.25) is 0 Å². The van der Waals surface area contributed by atoms with Gasteiger partial charge in [-0.3, -0.25) is 4.79 Å². The summed E-state index contributed by atoms with van der Waals surface area (Å²) in [6.07, 6.45) is 1.17. The fraction of sp³-hybridized carbons (Fsp3) is 0.250. The molecule has 1 heterocycles. The third-order valence-electron chi connectivity index (χ3n) is 4.60. The van der Waals surface area contributed by atoms with Crippen molar-refractivity contribution in [3.63, 3.8) is 0 Å². The van der Waals surface area contributed by atoms with E-state index in [1.54, 1.807) is 17.0 Å². The fourth-order valence-corrected chi connectivity index (χ4v) is 6.91. The summed E-state index contributed by atoms with van der Waals surface area (Å²) in [4.78, 5) is 14.5. The van der Waals surface area contributed by atoms with Crippen molar-refractivity contribution in [3.8, 4) is 0 Å². The van der Waals surface area contributed by atoms with E-state index in [1.165, 1.54) is 18.2 Å². The number of carbonyl (C=O) groups is 1. The van der Waals surface area contributed by atoms with E-state index >= 15 is 0 Å². The smallest absolute Gasteiger partial charge is 0.258 e. The van der Waals surface area contributed by atoms with Gasteiger partial charge in [0.05, 0.1) is 11.5 Å². The molecule has 0 fully saturated rings. The summed E-state index contributed by atoms with van der Waals surface area (Å²) in [6.45, 7) is 2.35. The number of rotatable bonds is 4. The molecule has 2 aromatic rings. The van der Waals surface area contributed by atoms with Gasteiger partial charge >= 0.3 is 0 Å². The Balaban J connectivity index is 1.90. The van der Waals surface area contributed by atoms with Gasteiger partial charge in [-0.2, -0.15) is 0 Å². The molecule has 0 N–H and O–H groups in total. The average molecular weight is 420 g/mol. The standard InChI is InChI=1S/C20H21NO5S2/c1-2-21(18-7-4-3-5-8-18)20(22)17-11-9-16(10-12-17)19-15-27(23,24)13-6-14-28(19,25)26/h3-12,14,19H,2,13,15H2,1H3. The van der Waals surface area contributed by atoms with Gasteiger partial charge in [-0.05, 0) is 36.8 Å². The Bertz CT molecular complexity index is 1090. The molecule has 1 unspecified atom stereocenters. The van der Waals surface area contributed by atoms with Crippen LogP contribution in [-0.2, 0) is 19.7 Å². The maximum absolute atomic E-state index is 12.8. The van der Waals surface area contributed by atoms with E-state index in [1.807, 2.05) is 37.3 Å². The Morgan fingerprint density at radius 1 is 1.00 bits per heavy atom. The van der Waals surface area contributed by atoms with Crippen molar-refractivity contribution in [1.82, 2.24) is 0 Å². The van der Waals surface area contributed by atoms with E-state index < -0.39 is 30.7 Å². The maximum atomic E-state index is 12.8. The molecule has 2 aromatic carbocycles. The highest BCUT2D eigenvalue weighted by Crippen LogP contribution is 2.29. The Labute approximate surface area is 165 Å². The minimum atomic E-state index is -3.74. The lowest BCUT2D eigenvalue weighted by molar-refractivity contribution is 0.0988. The van der Waals surface area contributed by atoms with E-state index in [-0.39, 0.29) is 11.7 Å². The molecule has 1 amide bonds. The van der Waals surface area contributed by atoms with Crippen LogP contribution in [0.1, 0.15) is 28.1 Å². The van der Waals surface area contributed by atoms with Crippen LogP contribution >= 0.6 is 0 Å². The van der Waals surface area contributed by atoms with Gasteiger partial charge in [0, 0.05) is 23.2 Å². The molecule has 28 heavy (non-hydrogen) atoms. The summed E-state index contributed by atoms with van der Waals surface area (Å²) in [5.41, 5.74) is 1.52. The summed E-state index contributed by atoms with van der Waals surface area (Å²) in [6, 6.07) is 15.4. The molecule has 1 atom stereocenters. The van der Waals surface area contributed by atoms with Gasteiger partial charge in [0.25, 0.3) is 5.91 Å². The maximum Gasteiger partial charge on any atom is 0.258 e. The van der Waals surface area contributed by atoms with E-state index in [9.17, 15) is 21.6 Å². The third-order valence-corrected chi connectivity index (χ3v) is 8.15. The lowest BCUT2D eigenvalue weighted by Crippen LogP contribution is -2.30. The first kappa shape index (κ1) is 20.3. The van der Waals surface area contributed by atoms with Gasteiger partial charge in [0.2, 0.25) is 0 Å². The zero-order valence-electron chi connectivity index (χ0n) is 15.4. The number of para-hydroxylation sites is 1. The number of nitrogens with zero attached hydrogens (tertiary/aromatic N) is 1. The third kappa shape index (κ3) is 4.34. The lowest BCUT2D eigenvalue weighted by atomic mass is 10.1. The highest BCUT2D eigenvalue weighted by atomic mass is 32.2. The van der Waals surface area contributed by atoms with Crippen LogP contribution in [0.15, 0.2) is 66.1 Å². The summed E-state index contributed by atoms with van der Waals surface area (Å²) in [5.74, 6) is -0.973. The molecule has 0 bridgehead atoms. The first-order valence-corrected chi connectivity index (χ1v) is 12.2. The molecule has 0 aliphatic carbocycles. The largest absolute Gasteiger partial charge is 0.309 e. The molecule has 1 aliphatic heterocycles. The minimum Gasteiger partial charge on any atom is -0.309 e. The average Bonchev–Trinajstić information content (AvgIpc) is 2.78. The number of amides is 1. The molecule has 0 saturated heterocycles. The number of anilines is 1. The van der Waals surface area contributed by atoms with Crippen molar-refractivity contribution < 1.29 is 21.6 Å². The molecular weight excluding hydrogens is 398 g/mol. The molecule has 8 heteroatoms. The summed E-state index contributed by atoms with van der Waals surface area (Å²) >= 11 is 0. The van der Waals surface area contributed by atoms with Crippen LogP contribution in [0.5, 0.6) is 0 Å². The second kappa shape index (κ2) is 7.89. The van der Waals surface area contributed by atoms with Gasteiger partial charge in [-0.1, -0.05) is 36.4 Å². The van der Waals surface area contributed by atoms with Crippen molar-refractivity contribution >= 4 is 31.3 Å². The number of carbonyl (C=O) groups excluding carboxylic acids is 1. The molecule has 6 nitrogen and oxygen atoms in total. The minimum absolute atomic E-state index is 0.212. The highest BCUT2D eigenvalue weighted by molar-refractivity contribution is 7.97. The van der Waals surface area contributed by atoms with Crippen LogP contribution in [0.3, 0.4) is 0 Å². The van der Waals surface area contributed by atoms with Gasteiger partial charge in [-0.25, -0.2) is 16.8 Å². The van der Waals surface area contributed by atoms with Gasteiger partial charge < -0.3 is 4.90 Å². The van der Waals surface area contributed by atoms with Crippen LogP contribution in [0.25, 0.3) is 0 Å².